The molecule has 1 amide bonds. The quantitative estimate of drug-likeness (QED) is 0.839. The fraction of sp³-hybridized carbons (Fsp3) is 0.316. The van der Waals surface area contributed by atoms with Crippen LogP contribution in [0.15, 0.2) is 42.5 Å². The summed E-state index contributed by atoms with van der Waals surface area (Å²) in [6, 6.07) is 12.9. The van der Waals surface area contributed by atoms with E-state index in [1.54, 1.807) is 20.3 Å². The molecule has 1 N–H and O–H groups in total. The molecule has 5 heteroatoms. The molecule has 0 radical (unpaired) electrons. The number of rotatable bonds is 7. The van der Waals surface area contributed by atoms with Gasteiger partial charge in [0.1, 0.15) is 5.75 Å². The molecule has 0 aromatic heterocycles. The standard InChI is InChI=1S/C19H23NO4/c1-5-16(24-14-9-7-6-8-10-14)19(21)20-15-12-18(23-4)17(22-3)11-13(15)2/h6-12,16H,5H2,1-4H3,(H,20,21)/t16-/m1/s1. The smallest absolute Gasteiger partial charge is 0.265 e. The second-order valence-electron chi connectivity index (χ2n) is 5.34. The zero-order valence-electron chi connectivity index (χ0n) is 14.5. The summed E-state index contributed by atoms with van der Waals surface area (Å²) < 4.78 is 16.3. The molecule has 0 unspecified atom stereocenters. The number of benzene rings is 2. The lowest BCUT2D eigenvalue weighted by Gasteiger charge is -2.19. The molecule has 1 atom stereocenters. The lowest BCUT2D eigenvalue weighted by Crippen LogP contribution is -2.32. The molecule has 0 heterocycles. The zero-order valence-corrected chi connectivity index (χ0v) is 14.5. The number of aryl methyl sites for hydroxylation is 1. The number of ether oxygens (including phenoxy) is 3. The van der Waals surface area contributed by atoms with Gasteiger partial charge in [0, 0.05) is 11.8 Å². The Kier molecular flexibility index (Phi) is 6.07. The zero-order chi connectivity index (χ0) is 17.5. The van der Waals surface area contributed by atoms with Crippen molar-refractivity contribution in [1.29, 1.82) is 0 Å². The van der Waals surface area contributed by atoms with Crippen molar-refractivity contribution in [1.82, 2.24) is 0 Å². The molecule has 0 spiro atoms. The fourth-order valence-electron chi connectivity index (χ4n) is 2.31. The number of hydrogen-bond acceptors (Lipinski definition) is 4. The average Bonchev–Trinajstić information content (AvgIpc) is 2.61. The third-order valence-electron chi connectivity index (χ3n) is 3.67. The van der Waals surface area contributed by atoms with Crippen LogP contribution in [0, 0.1) is 6.92 Å². The van der Waals surface area contributed by atoms with E-state index in [9.17, 15) is 4.79 Å². The van der Waals surface area contributed by atoms with Crippen molar-refractivity contribution in [3.8, 4) is 17.2 Å². The molecule has 0 aliphatic rings. The van der Waals surface area contributed by atoms with Crippen LogP contribution in [-0.4, -0.2) is 26.2 Å². The average molecular weight is 329 g/mol. The van der Waals surface area contributed by atoms with Gasteiger partial charge >= 0.3 is 0 Å². The summed E-state index contributed by atoms with van der Waals surface area (Å²) in [5, 5.41) is 2.91. The third kappa shape index (κ3) is 4.19. The first-order valence-electron chi connectivity index (χ1n) is 7.84. The van der Waals surface area contributed by atoms with Crippen molar-refractivity contribution in [3.63, 3.8) is 0 Å². The molecule has 0 fully saturated rings. The topological polar surface area (TPSA) is 56.8 Å². The molecule has 128 valence electrons. The van der Waals surface area contributed by atoms with Gasteiger partial charge < -0.3 is 19.5 Å². The van der Waals surface area contributed by atoms with Gasteiger partial charge in [-0.25, -0.2) is 0 Å². The molecule has 24 heavy (non-hydrogen) atoms. The molecule has 0 bridgehead atoms. The van der Waals surface area contributed by atoms with E-state index >= 15 is 0 Å². The summed E-state index contributed by atoms with van der Waals surface area (Å²) in [4.78, 5) is 12.5. The maximum atomic E-state index is 12.5. The number of carbonyl (C=O) groups excluding carboxylic acids is 1. The van der Waals surface area contributed by atoms with Crippen molar-refractivity contribution >= 4 is 11.6 Å². The Bertz CT molecular complexity index is 685. The highest BCUT2D eigenvalue weighted by Gasteiger charge is 2.20. The molecular weight excluding hydrogens is 306 g/mol. The van der Waals surface area contributed by atoms with Crippen LogP contribution in [0.4, 0.5) is 5.69 Å². The molecule has 0 aliphatic heterocycles. The van der Waals surface area contributed by atoms with E-state index in [4.69, 9.17) is 14.2 Å². The summed E-state index contributed by atoms with van der Waals surface area (Å²) in [5.41, 5.74) is 1.56. The second kappa shape index (κ2) is 8.24. The number of hydrogen-bond donors (Lipinski definition) is 1. The molecule has 5 nitrogen and oxygen atoms in total. The van der Waals surface area contributed by atoms with E-state index in [2.05, 4.69) is 5.32 Å². The van der Waals surface area contributed by atoms with Crippen molar-refractivity contribution < 1.29 is 19.0 Å². The number of nitrogens with one attached hydrogen (secondary N) is 1. The van der Waals surface area contributed by atoms with Crippen LogP contribution in [0.25, 0.3) is 0 Å². The molecule has 0 saturated heterocycles. The van der Waals surface area contributed by atoms with Crippen LogP contribution in [0.3, 0.4) is 0 Å². The van der Waals surface area contributed by atoms with E-state index < -0.39 is 6.10 Å². The van der Waals surface area contributed by atoms with E-state index in [-0.39, 0.29) is 5.91 Å². The monoisotopic (exact) mass is 329 g/mol. The predicted octanol–water partition coefficient (Wildman–Crippen LogP) is 3.81. The minimum Gasteiger partial charge on any atom is -0.493 e. The van der Waals surface area contributed by atoms with Gasteiger partial charge in [0.05, 0.1) is 14.2 Å². The Morgan fingerprint density at radius 2 is 1.71 bits per heavy atom. The van der Waals surface area contributed by atoms with E-state index in [0.717, 1.165) is 5.56 Å². The van der Waals surface area contributed by atoms with Crippen LogP contribution in [0.2, 0.25) is 0 Å². The summed E-state index contributed by atoms with van der Waals surface area (Å²) in [5.74, 6) is 1.66. The first-order valence-corrected chi connectivity index (χ1v) is 7.84. The number of carbonyl (C=O) groups is 1. The Morgan fingerprint density at radius 3 is 2.29 bits per heavy atom. The van der Waals surface area contributed by atoms with Gasteiger partial charge in [0.15, 0.2) is 17.6 Å². The predicted molar refractivity (Wildman–Crippen MR) is 94.1 cm³/mol. The first-order chi connectivity index (χ1) is 11.6. The first kappa shape index (κ1) is 17.7. The minimum atomic E-state index is -0.570. The summed E-state index contributed by atoms with van der Waals surface area (Å²) in [7, 11) is 3.14. The Labute approximate surface area is 142 Å². The van der Waals surface area contributed by atoms with Crippen molar-refractivity contribution in [3.05, 3.63) is 48.0 Å². The van der Waals surface area contributed by atoms with Gasteiger partial charge in [0.25, 0.3) is 5.91 Å². The van der Waals surface area contributed by atoms with Crippen LogP contribution < -0.4 is 19.5 Å². The van der Waals surface area contributed by atoms with E-state index in [0.29, 0.717) is 29.4 Å². The normalized spacial score (nSPS) is 11.5. The highest BCUT2D eigenvalue weighted by Crippen LogP contribution is 2.33. The van der Waals surface area contributed by atoms with Crippen molar-refractivity contribution in [2.45, 2.75) is 26.4 Å². The fourth-order valence-corrected chi connectivity index (χ4v) is 2.31. The summed E-state index contributed by atoms with van der Waals surface area (Å²) in [6.07, 6.45) is -0.00698. The van der Waals surface area contributed by atoms with Crippen LogP contribution in [-0.2, 0) is 4.79 Å². The van der Waals surface area contributed by atoms with Crippen molar-refractivity contribution in [2.24, 2.45) is 0 Å². The number of methoxy groups -OCH3 is 2. The van der Waals surface area contributed by atoms with Crippen LogP contribution in [0.1, 0.15) is 18.9 Å². The molecule has 0 saturated carbocycles. The van der Waals surface area contributed by atoms with Gasteiger partial charge in [-0.15, -0.1) is 0 Å². The van der Waals surface area contributed by atoms with Gasteiger partial charge in [-0.3, -0.25) is 4.79 Å². The van der Waals surface area contributed by atoms with E-state index in [1.165, 1.54) is 0 Å². The lowest BCUT2D eigenvalue weighted by atomic mass is 10.1. The largest absolute Gasteiger partial charge is 0.493 e. The van der Waals surface area contributed by atoms with Gasteiger partial charge in [-0.1, -0.05) is 25.1 Å². The molecule has 2 aromatic rings. The minimum absolute atomic E-state index is 0.198. The van der Waals surface area contributed by atoms with Crippen molar-refractivity contribution in [2.75, 3.05) is 19.5 Å². The Morgan fingerprint density at radius 1 is 1.08 bits per heavy atom. The van der Waals surface area contributed by atoms with Gasteiger partial charge in [-0.05, 0) is 37.1 Å². The molecule has 2 aromatic carbocycles. The maximum absolute atomic E-state index is 12.5. The van der Waals surface area contributed by atoms with Crippen LogP contribution in [0.5, 0.6) is 17.2 Å². The van der Waals surface area contributed by atoms with Crippen LogP contribution >= 0.6 is 0 Å². The van der Waals surface area contributed by atoms with E-state index in [1.807, 2.05) is 50.2 Å². The second-order valence-corrected chi connectivity index (χ2v) is 5.34. The highest BCUT2D eigenvalue weighted by atomic mass is 16.5. The molecule has 2 rings (SSSR count). The Hall–Kier alpha value is -2.69. The number of para-hydroxylation sites is 1. The number of amides is 1. The number of anilines is 1. The summed E-state index contributed by atoms with van der Waals surface area (Å²) >= 11 is 0. The summed E-state index contributed by atoms with van der Waals surface area (Å²) in [6.45, 7) is 3.81. The molecular formula is C19H23NO4. The maximum Gasteiger partial charge on any atom is 0.265 e. The highest BCUT2D eigenvalue weighted by molar-refractivity contribution is 5.95. The lowest BCUT2D eigenvalue weighted by molar-refractivity contribution is -0.122. The third-order valence-corrected chi connectivity index (χ3v) is 3.67. The molecule has 0 aliphatic carbocycles. The van der Waals surface area contributed by atoms with Gasteiger partial charge in [-0.2, -0.15) is 0 Å². The SMILES string of the molecule is CC[C@@H](Oc1ccccc1)C(=O)Nc1cc(OC)c(OC)cc1C. The Balaban J connectivity index is 2.15. The van der Waals surface area contributed by atoms with Gasteiger partial charge in [0.2, 0.25) is 0 Å².